The zero-order valence-corrected chi connectivity index (χ0v) is 20.5. The summed E-state index contributed by atoms with van der Waals surface area (Å²) < 4.78 is 58.6. The number of anilines is 1. The van der Waals surface area contributed by atoms with Crippen LogP contribution in [-0.4, -0.2) is 65.2 Å². The maximum Gasteiger partial charge on any atom is 0.490 e. The number of phosphoric ester groups is 1. The van der Waals surface area contributed by atoms with Crippen LogP contribution in [0.3, 0.4) is 0 Å². The van der Waals surface area contributed by atoms with Crippen molar-refractivity contribution in [3.8, 4) is 6.07 Å². The van der Waals surface area contributed by atoms with E-state index >= 15 is 0 Å². The van der Waals surface area contributed by atoms with Crippen LogP contribution in [0.15, 0.2) is 18.5 Å². The first-order valence-electron chi connectivity index (χ1n) is 9.20. The normalized spacial score (nSPS) is 30.6. The number of rotatable bonds is 9. The minimum absolute atomic E-state index is 0.0197. The molecule has 0 aliphatic carbocycles. The molecule has 194 valence electrons. The number of nitrogens with zero attached hydrogens (tertiary/aromatic N) is 4. The quantitative estimate of drug-likeness (QED) is 0.216. The second-order valence-electron chi connectivity index (χ2n) is 7.29. The molecule has 0 aromatic carbocycles. The van der Waals surface area contributed by atoms with Crippen LogP contribution in [0.5, 0.6) is 0 Å². The molecule has 2 unspecified atom stereocenters. The molecule has 0 bridgehead atoms. The van der Waals surface area contributed by atoms with Gasteiger partial charge in [-0.15, -0.1) is 0 Å². The number of aliphatic hydroxyl groups excluding tert-OH is 1. The van der Waals surface area contributed by atoms with Gasteiger partial charge < -0.3 is 39.9 Å². The number of hydrogen-bond acceptors (Lipinski definition) is 13. The van der Waals surface area contributed by atoms with Gasteiger partial charge in [-0.05, 0) is 13.0 Å². The van der Waals surface area contributed by atoms with Crippen LogP contribution in [0.1, 0.15) is 12.6 Å². The molecular formula is C14H20N5O13P3. The highest BCUT2D eigenvalue weighted by atomic mass is 31.3. The van der Waals surface area contributed by atoms with E-state index in [1.165, 1.54) is 29.9 Å². The van der Waals surface area contributed by atoms with Crippen LogP contribution in [-0.2, 0) is 42.1 Å². The van der Waals surface area contributed by atoms with Crippen molar-refractivity contribution in [3.05, 3.63) is 24.2 Å². The molecule has 0 amide bonds. The van der Waals surface area contributed by atoms with E-state index in [1.54, 1.807) is 0 Å². The number of nitrogens with two attached hydrogens (primary N) is 1. The Balaban J connectivity index is 1.90. The second-order valence-corrected chi connectivity index (χ2v) is 11.7. The van der Waals surface area contributed by atoms with Gasteiger partial charge in [-0.2, -0.15) is 19.0 Å². The van der Waals surface area contributed by atoms with E-state index in [0.717, 1.165) is 7.11 Å². The van der Waals surface area contributed by atoms with Crippen molar-refractivity contribution >= 4 is 34.8 Å². The summed E-state index contributed by atoms with van der Waals surface area (Å²) >= 11 is 0. The van der Waals surface area contributed by atoms with Crippen molar-refractivity contribution in [2.24, 2.45) is 5.41 Å². The van der Waals surface area contributed by atoms with E-state index in [9.17, 15) is 33.9 Å². The summed E-state index contributed by atoms with van der Waals surface area (Å²) in [6, 6.07) is 3.34. The Labute approximate surface area is 196 Å². The van der Waals surface area contributed by atoms with E-state index in [2.05, 4.69) is 23.2 Å². The molecule has 3 rings (SSSR count). The third-order valence-corrected chi connectivity index (χ3v) is 8.85. The minimum atomic E-state index is -5.76. The van der Waals surface area contributed by atoms with Gasteiger partial charge >= 0.3 is 23.5 Å². The molecular weight excluding hydrogens is 539 g/mol. The molecule has 3 heterocycles. The fourth-order valence-corrected chi connectivity index (χ4v) is 6.56. The lowest BCUT2D eigenvalue weighted by atomic mass is 9.77. The van der Waals surface area contributed by atoms with Crippen LogP contribution < -0.4 is 5.73 Å². The molecule has 0 spiro atoms. The lowest BCUT2D eigenvalue weighted by molar-refractivity contribution is -0.258. The fraction of sp³-hybridized carbons (Fsp3) is 0.500. The maximum atomic E-state index is 12.1. The van der Waals surface area contributed by atoms with Crippen LogP contribution in [0.2, 0.25) is 0 Å². The van der Waals surface area contributed by atoms with Crippen LogP contribution in [0.4, 0.5) is 5.69 Å². The molecule has 18 nitrogen and oxygen atoms in total. The highest BCUT2D eigenvalue weighted by Gasteiger charge is 2.67. The summed E-state index contributed by atoms with van der Waals surface area (Å²) in [6.45, 7) is 0.233. The number of ether oxygens (including phenoxy) is 2. The molecule has 6 atom stereocenters. The van der Waals surface area contributed by atoms with E-state index < -0.39 is 53.5 Å². The lowest BCUT2D eigenvalue weighted by Crippen LogP contribution is -2.47. The van der Waals surface area contributed by atoms with Gasteiger partial charge in [-0.25, -0.2) is 23.2 Å². The topological polar surface area (TPSA) is 279 Å². The smallest absolute Gasteiger partial charge is 0.396 e. The van der Waals surface area contributed by atoms with E-state index in [0.29, 0.717) is 0 Å². The van der Waals surface area contributed by atoms with Gasteiger partial charge in [0.1, 0.15) is 23.3 Å². The van der Waals surface area contributed by atoms with Gasteiger partial charge in [0.05, 0.1) is 30.8 Å². The molecule has 1 saturated heterocycles. The van der Waals surface area contributed by atoms with Crippen molar-refractivity contribution in [3.63, 3.8) is 0 Å². The molecule has 35 heavy (non-hydrogen) atoms. The minimum Gasteiger partial charge on any atom is -0.396 e. The molecule has 1 aliphatic heterocycles. The van der Waals surface area contributed by atoms with Gasteiger partial charge in [-0.3, -0.25) is 4.52 Å². The summed E-state index contributed by atoms with van der Waals surface area (Å²) in [6.07, 6.45) is -0.781. The van der Waals surface area contributed by atoms with Gasteiger partial charge in [0.15, 0.2) is 5.65 Å². The van der Waals surface area contributed by atoms with Crippen molar-refractivity contribution in [2.45, 2.75) is 24.9 Å². The summed E-state index contributed by atoms with van der Waals surface area (Å²) in [5, 5.41) is 24.9. The number of imidazole rings is 1. The van der Waals surface area contributed by atoms with Crippen molar-refractivity contribution < 1.29 is 61.0 Å². The Morgan fingerprint density at radius 3 is 2.49 bits per heavy atom. The van der Waals surface area contributed by atoms with Gasteiger partial charge in [0.25, 0.3) is 0 Å². The Morgan fingerprint density at radius 2 is 1.91 bits per heavy atom. The highest BCUT2D eigenvalue weighted by molar-refractivity contribution is 7.66. The predicted octanol–water partition coefficient (Wildman–Crippen LogP) is -0.256. The zero-order valence-electron chi connectivity index (χ0n) is 17.8. The molecule has 1 fully saturated rings. The van der Waals surface area contributed by atoms with Crippen molar-refractivity contribution in [2.75, 3.05) is 19.5 Å². The van der Waals surface area contributed by atoms with Gasteiger partial charge in [-0.1, -0.05) is 0 Å². The number of nitrogen functional groups attached to an aromatic ring is 1. The average Bonchev–Trinajstić information content (AvgIpc) is 3.24. The van der Waals surface area contributed by atoms with E-state index in [1.807, 2.05) is 6.07 Å². The summed E-state index contributed by atoms with van der Waals surface area (Å²) in [5.41, 5.74) is 4.38. The van der Waals surface area contributed by atoms with E-state index in [-0.39, 0.29) is 17.0 Å². The first-order valence-corrected chi connectivity index (χ1v) is 13.7. The molecule has 0 radical (unpaired) electrons. The Morgan fingerprint density at radius 1 is 1.26 bits per heavy atom. The number of nitriles is 1. The Hall–Kier alpha value is -1.80. The standard InChI is InChI=1S/C14H20N5O13P3/c1-13(7-15)11(20)9(6-29-34(24,25)32-35(26,27)31-33(21,22)23)30-14(13,28-2)10-5-17-12-8(16)3-4-18-19(10)12/h3-5,9,11,20H,6,16H2,1-2H3,(H,24,25)(H,26,27)(H2,21,22,23)/t9-,11-,13-,14+/m1/s1. The Kier molecular flexibility index (Phi) is 7.35. The maximum absolute atomic E-state index is 12.1. The molecule has 2 aromatic heterocycles. The van der Waals surface area contributed by atoms with Crippen LogP contribution in [0, 0.1) is 16.7 Å². The highest BCUT2D eigenvalue weighted by Crippen LogP contribution is 2.66. The molecule has 21 heteroatoms. The summed E-state index contributed by atoms with van der Waals surface area (Å²) in [5.74, 6) is -2.08. The molecule has 2 aromatic rings. The first-order chi connectivity index (χ1) is 16.0. The third-order valence-electron chi connectivity index (χ3n) is 5.05. The SMILES string of the molecule is CO[C@@]1(c2cnc3c(N)ccnn23)O[C@H](COP(=O)(O)OP(=O)(O)OP(=O)(O)O)[C@@H](O)[C@@]1(C)C#N. The van der Waals surface area contributed by atoms with Crippen LogP contribution in [0.25, 0.3) is 5.65 Å². The molecule has 1 aliphatic rings. The molecule has 7 N–H and O–H groups in total. The van der Waals surface area contributed by atoms with Gasteiger partial charge in [0, 0.05) is 7.11 Å². The number of phosphoric acid groups is 3. The largest absolute Gasteiger partial charge is 0.490 e. The van der Waals surface area contributed by atoms with E-state index in [4.69, 9.17) is 25.0 Å². The number of aliphatic hydroxyl groups is 1. The molecule has 0 saturated carbocycles. The van der Waals surface area contributed by atoms with Crippen LogP contribution >= 0.6 is 23.5 Å². The van der Waals surface area contributed by atoms with Gasteiger partial charge in [0.2, 0.25) is 5.79 Å². The number of methoxy groups -OCH3 is 1. The number of aromatic nitrogens is 3. The van der Waals surface area contributed by atoms with Crippen molar-refractivity contribution in [1.29, 1.82) is 5.26 Å². The zero-order chi connectivity index (χ0) is 26.4. The third kappa shape index (κ3) is 5.19. The first kappa shape index (κ1) is 27.8. The predicted molar refractivity (Wildman–Crippen MR) is 111 cm³/mol. The summed E-state index contributed by atoms with van der Waals surface area (Å²) in [4.78, 5) is 40.2. The fourth-order valence-electron chi connectivity index (χ4n) is 3.53. The number of fused-ring (bicyclic) bond motifs is 1. The van der Waals surface area contributed by atoms with Crippen molar-refractivity contribution in [1.82, 2.24) is 14.6 Å². The number of hydrogen-bond donors (Lipinski definition) is 6. The summed E-state index contributed by atoms with van der Waals surface area (Å²) in [7, 11) is -15.7. The second kappa shape index (κ2) is 9.25. The lowest BCUT2D eigenvalue weighted by Gasteiger charge is -2.36. The Bertz CT molecular complexity index is 1310. The monoisotopic (exact) mass is 559 g/mol. The average molecular weight is 559 g/mol.